The van der Waals surface area contributed by atoms with E-state index in [4.69, 9.17) is 24.9 Å². The molecular weight excluding hydrogens is 1600 g/mol. The molecule has 16 aromatic carbocycles. The van der Waals surface area contributed by atoms with Gasteiger partial charge in [0.2, 0.25) is 0 Å². The second kappa shape index (κ2) is 29.8. The zero-order valence-corrected chi connectivity index (χ0v) is 70.1. The van der Waals surface area contributed by atoms with Crippen molar-refractivity contribution in [2.75, 3.05) is 0 Å². The van der Waals surface area contributed by atoms with E-state index in [0.29, 0.717) is 40.4 Å². The average molecular weight is 1670 g/mol. The molecule has 24 rings (SSSR count). The van der Waals surface area contributed by atoms with Gasteiger partial charge in [-0.2, -0.15) is 0 Å². The number of thiophene rings is 2. The molecule has 6 aromatic heterocycles. The molecule has 6 heterocycles. The van der Waals surface area contributed by atoms with Gasteiger partial charge in [-0.1, -0.05) is 323 Å². The SMILES string of the molecule is Brc1ccc(-c2nc(-c3ccccc3)nc(-c3ccccc3)n2)cc1.CC1(C)c2ccccc2-c2cc3c4ccccc4n(-c4cc(-c5ccc(-c6nc(-c7ccccc7)nc(-c7ccccc7)n6)cc5)c5sc6ccccc6c5c4)c3cc21.CC1(C)c2ccccc2-c2cc3c4ccccc4n(-c4cc(B(O)O)c5sc6ccccc6c5c4)c3cc21. The number of para-hydroxylation sites is 2. The number of aromatic nitrogens is 8. The quantitative estimate of drug-likeness (QED) is 0.130. The third-order valence-corrected chi connectivity index (χ3v) is 27.4. The highest BCUT2D eigenvalue weighted by molar-refractivity contribution is 9.10. The van der Waals surface area contributed by atoms with Crippen LogP contribution in [0.15, 0.2) is 368 Å². The van der Waals surface area contributed by atoms with Crippen LogP contribution < -0.4 is 5.46 Å². The predicted octanol–water partition coefficient (Wildman–Crippen LogP) is 27.1. The van der Waals surface area contributed by atoms with Crippen molar-refractivity contribution in [2.24, 2.45) is 0 Å². The summed E-state index contributed by atoms with van der Waals surface area (Å²) in [5, 5.41) is 30.5. The minimum atomic E-state index is -1.56. The monoisotopic (exact) mass is 1670 g/mol. The van der Waals surface area contributed by atoms with Crippen LogP contribution in [-0.4, -0.2) is 56.2 Å². The summed E-state index contributed by atoms with van der Waals surface area (Å²) in [4.78, 5) is 29.0. The zero-order chi connectivity index (χ0) is 82.1. The van der Waals surface area contributed by atoms with Gasteiger partial charge in [0.25, 0.3) is 0 Å². The minimum absolute atomic E-state index is 0.107. The van der Waals surface area contributed by atoms with Gasteiger partial charge in [-0.15, -0.1) is 22.7 Å². The molecule has 580 valence electrons. The van der Waals surface area contributed by atoms with Crippen molar-refractivity contribution >= 4 is 135 Å². The van der Waals surface area contributed by atoms with Crippen molar-refractivity contribution in [3.8, 4) is 113 Å². The van der Waals surface area contributed by atoms with E-state index in [0.717, 1.165) is 86.0 Å². The third kappa shape index (κ3) is 12.7. The average Bonchev–Trinajstić information content (AvgIpc) is 1.55. The fourth-order valence-electron chi connectivity index (χ4n) is 18.5. The highest BCUT2D eigenvalue weighted by Crippen LogP contribution is 2.54. The number of rotatable bonds is 10. The maximum absolute atomic E-state index is 10.4. The van der Waals surface area contributed by atoms with Crippen molar-refractivity contribution in [1.82, 2.24) is 39.0 Å². The van der Waals surface area contributed by atoms with Gasteiger partial charge in [0.1, 0.15) is 0 Å². The van der Waals surface area contributed by atoms with Gasteiger partial charge in [-0.3, -0.25) is 0 Å². The third-order valence-electron chi connectivity index (χ3n) is 24.5. The molecule has 0 bridgehead atoms. The van der Waals surface area contributed by atoms with Gasteiger partial charge >= 0.3 is 7.12 Å². The Morgan fingerprint density at radius 2 is 0.590 bits per heavy atom. The lowest BCUT2D eigenvalue weighted by molar-refractivity contribution is 0.426. The first-order chi connectivity index (χ1) is 59.7. The van der Waals surface area contributed by atoms with Gasteiger partial charge in [-0.05, 0) is 135 Å². The number of benzene rings is 16. The van der Waals surface area contributed by atoms with E-state index in [2.05, 4.69) is 258 Å². The number of hydrogen-bond acceptors (Lipinski definition) is 10. The van der Waals surface area contributed by atoms with Gasteiger partial charge in [-0.25, -0.2) is 29.9 Å². The molecule has 2 N–H and O–H groups in total. The first kappa shape index (κ1) is 74.3. The fraction of sp³-hybridized carbons (Fsp3) is 0.0556. The zero-order valence-electron chi connectivity index (χ0n) is 66.9. The Hall–Kier alpha value is -14.0. The second-order valence-corrected chi connectivity index (χ2v) is 35.4. The molecule has 0 saturated carbocycles. The molecule has 22 aromatic rings. The summed E-state index contributed by atoms with van der Waals surface area (Å²) in [6.45, 7) is 9.34. The maximum Gasteiger partial charge on any atom is 0.489 e. The molecule has 0 spiro atoms. The van der Waals surface area contributed by atoms with Crippen LogP contribution in [0.25, 0.3) is 197 Å². The molecule has 0 fully saturated rings. The van der Waals surface area contributed by atoms with E-state index in [1.165, 1.54) is 103 Å². The first-order valence-electron chi connectivity index (χ1n) is 41.0. The molecule has 0 unspecified atom stereocenters. The van der Waals surface area contributed by atoms with Crippen LogP contribution in [0, 0.1) is 0 Å². The van der Waals surface area contributed by atoms with Gasteiger partial charge < -0.3 is 19.2 Å². The molecule has 10 nitrogen and oxygen atoms in total. The normalized spacial score (nSPS) is 12.8. The van der Waals surface area contributed by atoms with Crippen LogP contribution in [0.1, 0.15) is 49.9 Å². The highest BCUT2D eigenvalue weighted by atomic mass is 79.9. The molecule has 0 atom stereocenters. The van der Waals surface area contributed by atoms with E-state index < -0.39 is 7.12 Å². The number of fused-ring (bicyclic) bond motifs is 18. The Labute approximate surface area is 721 Å². The number of hydrogen-bond donors (Lipinski definition) is 2. The van der Waals surface area contributed by atoms with Crippen molar-refractivity contribution in [3.63, 3.8) is 0 Å². The summed E-state index contributed by atoms with van der Waals surface area (Å²) in [7, 11) is -1.56. The summed E-state index contributed by atoms with van der Waals surface area (Å²) < 4.78 is 10.4. The Kier molecular flexibility index (Phi) is 18.1. The van der Waals surface area contributed by atoms with Crippen molar-refractivity contribution < 1.29 is 10.0 Å². The smallest absolute Gasteiger partial charge is 0.423 e. The van der Waals surface area contributed by atoms with Crippen molar-refractivity contribution in [2.45, 2.75) is 38.5 Å². The molecule has 14 heteroatoms. The molecule has 0 amide bonds. The lowest BCUT2D eigenvalue weighted by Gasteiger charge is -2.21. The highest BCUT2D eigenvalue weighted by Gasteiger charge is 2.38. The molecule has 0 aliphatic heterocycles. The number of nitrogens with zero attached hydrogens (tertiary/aromatic N) is 8. The summed E-state index contributed by atoms with van der Waals surface area (Å²) in [6, 6.07) is 128. The largest absolute Gasteiger partial charge is 0.489 e. The van der Waals surface area contributed by atoms with Crippen LogP contribution >= 0.6 is 38.6 Å². The van der Waals surface area contributed by atoms with E-state index >= 15 is 0 Å². The Bertz CT molecular complexity index is 7810. The van der Waals surface area contributed by atoms with Gasteiger partial charge in [0.05, 0.1) is 22.1 Å². The lowest BCUT2D eigenvalue weighted by Crippen LogP contribution is -2.30. The first-order valence-corrected chi connectivity index (χ1v) is 43.4. The van der Waals surface area contributed by atoms with Crippen LogP contribution in [0.4, 0.5) is 0 Å². The van der Waals surface area contributed by atoms with Crippen LogP contribution in [0.2, 0.25) is 0 Å². The number of halogens is 1. The van der Waals surface area contributed by atoms with Crippen molar-refractivity contribution in [1.29, 1.82) is 0 Å². The summed E-state index contributed by atoms with van der Waals surface area (Å²) in [5.74, 6) is 3.97. The molecule has 122 heavy (non-hydrogen) atoms. The topological polar surface area (TPSA) is 128 Å². The minimum Gasteiger partial charge on any atom is -0.423 e. The second-order valence-electron chi connectivity index (χ2n) is 32.4. The van der Waals surface area contributed by atoms with Crippen LogP contribution in [0.3, 0.4) is 0 Å². The van der Waals surface area contributed by atoms with Gasteiger partial charge in [0, 0.05) is 133 Å². The Morgan fingerprint density at radius 1 is 0.262 bits per heavy atom. The standard InChI is InChI=1S/C54H36N4S.C33H24BNO2S.C21H14BrN3/c1-54(2)45-22-12-9-19-38(45)42-31-43-39-20-10-13-23-47(39)58(48(43)32-46(42)54)37-29-41(50-44(30-37)40-21-11-14-24-49(40)59-50)33-25-27-36(28-26-33)53-56-51(34-15-5-3-6-16-34)55-52(57-53)35-17-7-4-8-18-35;1-33(2)26-12-6-3-9-20(26)23-17-24-21-10-4-7-13-29(21)35(30(24)18-27(23)33)19-15-25-22-11-5-8-14-31(22)38-32(25)28(16-19)34(36)37;22-18-13-11-17(12-14-18)21-24-19(15-7-3-1-4-8-15)23-20(25-21)16-9-5-2-6-10-16/h3-32H,1-2H3;3-18,36-37H,1-2H3;1-14H. The summed E-state index contributed by atoms with van der Waals surface area (Å²) >= 11 is 6.94. The van der Waals surface area contributed by atoms with Crippen LogP contribution in [0.5, 0.6) is 0 Å². The van der Waals surface area contributed by atoms with E-state index in [1.807, 2.05) is 175 Å². The predicted molar refractivity (Wildman–Crippen MR) is 511 cm³/mol. The van der Waals surface area contributed by atoms with E-state index in [9.17, 15) is 10.0 Å². The molecule has 0 radical (unpaired) electrons. The molecule has 2 aliphatic rings. The Balaban J connectivity index is 0.000000120. The summed E-state index contributed by atoms with van der Waals surface area (Å²) in [6.07, 6.45) is 0. The maximum atomic E-state index is 10.4. The lowest BCUT2D eigenvalue weighted by atomic mass is 9.79. The molecule has 2 aliphatic carbocycles. The van der Waals surface area contributed by atoms with E-state index in [-0.39, 0.29) is 10.8 Å². The van der Waals surface area contributed by atoms with Gasteiger partial charge in [0.15, 0.2) is 34.9 Å². The fourth-order valence-corrected chi connectivity index (χ4v) is 21.2. The van der Waals surface area contributed by atoms with Crippen molar-refractivity contribution in [3.05, 3.63) is 391 Å². The van der Waals surface area contributed by atoms with E-state index in [1.54, 1.807) is 11.3 Å². The summed E-state index contributed by atoms with van der Waals surface area (Å²) in [5.41, 5.74) is 25.9. The molecule has 0 saturated heterocycles. The molecular formula is C108H74BBrN8O2S2. The van der Waals surface area contributed by atoms with Crippen LogP contribution in [-0.2, 0) is 10.8 Å². The Morgan fingerprint density at radius 3 is 1.01 bits per heavy atom.